The van der Waals surface area contributed by atoms with Crippen LogP contribution in [0.5, 0.6) is 0 Å². The number of nitrogens with one attached hydrogen (secondary N) is 2. The highest BCUT2D eigenvalue weighted by Crippen LogP contribution is 2.20. The summed E-state index contributed by atoms with van der Waals surface area (Å²) in [4.78, 5) is 8.92. The van der Waals surface area contributed by atoms with Crippen molar-refractivity contribution in [2.24, 2.45) is 16.8 Å². The summed E-state index contributed by atoms with van der Waals surface area (Å²) in [5.41, 5.74) is 0. The van der Waals surface area contributed by atoms with Gasteiger partial charge in [0.25, 0.3) is 0 Å². The van der Waals surface area contributed by atoms with Crippen LogP contribution in [0.4, 0.5) is 0 Å². The van der Waals surface area contributed by atoms with Crippen molar-refractivity contribution in [2.75, 3.05) is 26.2 Å². The molecule has 4 nitrogen and oxygen atoms in total. The normalized spacial score (nSPS) is 21.0. The molecule has 2 rings (SSSR count). The van der Waals surface area contributed by atoms with Gasteiger partial charge in [-0.25, -0.2) is 0 Å². The largest absolute Gasteiger partial charge is 0.357 e. The number of guanidine groups is 1. The number of thiophene rings is 1. The monoisotopic (exact) mass is 350 g/mol. The fourth-order valence-electron chi connectivity index (χ4n) is 2.99. The molecule has 2 N–H and O–H groups in total. The Balaban J connectivity index is 1.85. The zero-order chi connectivity index (χ0) is 17.4. The van der Waals surface area contributed by atoms with Crippen LogP contribution in [0.25, 0.3) is 0 Å². The lowest BCUT2D eigenvalue weighted by molar-refractivity contribution is 0.172. The molecule has 0 radical (unpaired) electrons. The molecule has 0 amide bonds. The third kappa shape index (κ3) is 6.44. The van der Waals surface area contributed by atoms with Gasteiger partial charge in [-0.3, -0.25) is 9.89 Å². The van der Waals surface area contributed by atoms with E-state index in [2.05, 4.69) is 60.7 Å². The molecule has 2 heterocycles. The van der Waals surface area contributed by atoms with Crippen molar-refractivity contribution in [1.29, 1.82) is 0 Å². The molecule has 1 saturated heterocycles. The molecule has 0 bridgehead atoms. The van der Waals surface area contributed by atoms with Gasteiger partial charge in [0.05, 0.1) is 0 Å². The first-order chi connectivity index (χ1) is 11.6. The van der Waals surface area contributed by atoms with Gasteiger partial charge in [0.15, 0.2) is 5.96 Å². The van der Waals surface area contributed by atoms with Crippen molar-refractivity contribution in [1.82, 2.24) is 15.5 Å². The number of rotatable bonds is 7. The number of aliphatic imine (C=N–C) groups is 1. The van der Waals surface area contributed by atoms with Crippen molar-refractivity contribution in [3.8, 4) is 0 Å². The zero-order valence-corrected chi connectivity index (χ0v) is 16.5. The molecule has 136 valence electrons. The van der Waals surface area contributed by atoms with Crippen molar-refractivity contribution in [2.45, 2.75) is 53.1 Å². The number of likely N-dealkylation sites (tertiary alicyclic amines) is 1. The molecule has 1 fully saturated rings. The van der Waals surface area contributed by atoms with Gasteiger partial charge in [0.1, 0.15) is 0 Å². The van der Waals surface area contributed by atoms with Gasteiger partial charge in [-0.05, 0) is 56.5 Å². The first-order valence-corrected chi connectivity index (χ1v) is 10.3. The van der Waals surface area contributed by atoms with Crippen molar-refractivity contribution in [3.05, 3.63) is 22.4 Å². The fraction of sp³-hybridized carbons (Fsp3) is 0.737. The number of hydrogen-bond acceptors (Lipinski definition) is 3. The Morgan fingerprint density at radius 2 is 2.25 bits per heavy atom. The first kappa shape index (κ1) is 19.3. The van der Waals surface area contributed by atoms with E-state index in [9.17, 15) is 0 Å². The topological polar surface area (TPSA) is 39.7 Å². The van der Waals surface area contributed by atoms with Crippen LogP contribution in [0.3, 0.4) is 0 Å². The lowest BCUT2D eigenvalue weighted by Crippen LogP contribution is -2.44. The Morgan fingerprint density at radius 3 is 2.92 bits per heavy atom. The summed E-state index contributed by atoms with van der Waals surface area (Å²) in [7, 11) is 0. The Hall–Kier alpha value is -1.07. The second-order valence-electron chi connectivity index (χ2n) is 7.22. The van der Waals surface area contributed by atoms with E-state index in [1.54, 1.807) is 0 Å². The van der Waals surface area contributed by atoms with E-state index in [1.165, 1.54) is 30.8 Å². The molecule has 2 unspecified atom stereocenters. The fourth-order valence-corrected chi connectivity index (χ4v) is 3.74. The number of piperidine rings is 1. The van der Waals surface area contributed by atoms with Gasteiger partial charge in [0, 0.05) is 37.1 Å². The Bertz CT molecular complexity index is 484. The Labute approximate surface area is 151 Å². The van der Waals surface area contributed by atoms with E-state index >= 15 is 0 Å². The average Bonchev–Trinajstić information content (AvgIpc) is 3.06. The molecule has 0 aliphatic carbocycles. The van der Waals surface area contributed by atoms with E-state index in [0.29, 0.717) is 17.9 Å². The summed E-state index contributed by atoms with van der Waals surface area (Å²) < 4.78 is 0. The molecule has 24 heavy (non-hydrogen) atoms. The second-order valence-corrected chi connectivity index (χ2v) is 8.25. The predicted molar refractivity (Wildman–Crippen MR) is 106 cm³/mol. The molecule has 1 aliphatic rings. The summed E-state index contributed by atoms with van der Waals surface area (Å²) >= 11 is 1.86. The van der Waals surface area contributed by atoms with Crippen LogP contribution in [0.2, 0.25) is 0 Å². The van der Waals surface area contributed by atoms with Gasteiger partial charge in [0.2, 0.25) is 0 Å². The van der Waals surface area contributed by atoms with Gasteiger partial charge in [-0.2, -0.15) is 0 Å². The van der Waals surface area contributed by atoms with Crippen LogP contribution in [-0.4, -0.2) is 43.1 Å². The molecular weight excluding hydrogens is 316 g/mol. The number of hydrogen-bond donors (Lipinski definition) is 2. The highest BCUT2D eigenvalue weighted by atomic mass is 32.1. The summed E-state index contributed by atoms with van der Waals surface area (Å²) in [5.74, 6) is 2.24. The average molecular weight is 351 g/mol. The standard InChI is InChI=1S/C19H34N4S/c1-5-20-19(22-16(4)15(2)3)21-12-17-8-6-10-23(13-17)14-18-9-7-11-24-18/h7,9,11,15-17H,5-6,8,10,12-14H2,1-4H3,(H2,20,21,22). The SMILES string of the molecule is CCNC(=NCC1CCCN(Cc2cccs2)C1)NC(C)C(C)C. The molecule has 0 aromatic carbocycles. The van der Waals surface area contributed by atoms with Crippen molar-refractivity contribution < 1.29 is 0 Å². The van der Waals surface area contributed by atoms with E-state index < -0.39 is 0 Å². The van der Waals surface area contributed by atoms with Gasteiger partial charge in [-0.1, -0.05) is 19.9 Å². The lowest BCUT2D eigenvalue weighted by atomic mass is 9.98. The van der Waals surface area contributed by atoms with Crippen LogP contribution in [-0.2, 0) is 6.54 Å². The Morgan fingerprint density at radius 1 is 1.42 bits per heavy atom. The van der Waals surface area contributed by atoms with Crippen LogP contribution in [0, 0.1) is 11.8 Å². The van der Waals surface area contributed by atoms with Gasteiger partial charge >= 0.3 is 0 Å². The highest BCUT2D eigenvalue weighted by molar-refractivity contribution is 7.09. The molecular formula is C19H34N4S. The third-order valence-corrected chi connectivity index (χ3v) is 5.64. The van der Waals surface area contributed by atoms with E-state index in [0.717, 1.165) is 25.6 Å². The molecule has 1 aromatic heterocycles. The Kier molecular flexibility index (Phi) is 8.06. The smallest absolute Gasteiger partial charge is 0.191 e. The predicted octanol–water partition coefficient (Wildman–Crippen LogP) is 3.56. The minimum Gasteiger partial charge on any atom is -0.357 e. The highest BCUT2D eigenvalue weighted by Gasteiger charge is 2.20. The van der Waals surface area contributed by atoms with Crippen molar-refractivity contribution >= 4 is 17.3 Å². The molecule has 2 atom stereocenters. The van der Waals surface area contributed by atoms with E-state index in [-0.39, 0.29) is 0 Å². The van der Waals surface area contributed by atoms with Crippen LogP contribution in [0.15, 0.2) is 22.5 Å². The van der Waals surface area contributed by atoms with Gasteiger partial charge < -0.3 is 10.6 Å². The summed E-state index contributed by atoms with van der Waals surface area (Å²) in [6, 6.07) is 4.83. The minimum atomic E-state index is 0.435. The van der Waals surface area contributed by atoms with Gasteiger partial charge in [-0.15, -0.1) is 11.3 Å². The third-order valence-electron chi connectivity index (χ3n) is 4.78. The maximum Gasteiger partial charge on any atom is 0.191 e. The quantitative estimate of drug-likeness (QED) is 0.583. The van der Waals surface area contributed by atoms with E-state index in [4.69, 9.17) is 4.99 Å². The molecule has 0 spiro atoms. The minimum absolute atomic E-state index is 0.435. The molecule has 1 aliphatic heterocycles. The summed E-state index contributed by atoms with van der Waals surface area (Å²) in [6.07, 6.45) is 2.58. The summed E-state index contributed by atoms with van der Waals surface area (Å²) in [5, 5.41) is 9.09. The molecule has 0 saturated carbocycles. The first-order valence-electron chi connectivity index (χ1n) is 9.38. The van der Waals surface area contributed by atoms with E-state index in [1.807, 2.05) is 11.3 Å². The molecule has 1 aromatic rings. The maximum atomic E-state index is 4.86. The van der Waals surface area contributed by atoms with Crippen LogP contribution in [0.1, 0.15) is 45.4 Å². The molecule has 5 heteroatoms. The van der Waals surface area contributed by atoms with Crippen LogP contribution < -0.4 is 10.6 Å². The zero-order valence-electron chi connectivity index (χ0n) is 15.7. The maximum absolute atomic E-state index is 4.86. The second kappa shape index (κ2) is 10.0. The van der Waals surface area contributed by atoms with Crippen molar-refractivity contribution in [3.63, 3.8) is 0 Å². The lowest BCUT2D eigenvalue weighted by Gasteiger charge is -2.32. The number of nitrogens with zero attached hydrogens (tertiary/aromatic N) is 2. The van der Waals surface area contributed by atoms with Crippen LogP contribution >= 0.6 is 11.3 Å². The summed E-state index contributed by atoms with van der Waals surface area (Å²) in [6.45, 7) is 14.1.